The van der Waals surface area contributed by atoms with E-state index in [1.165, 1.54) is 16.9 Å². The number of rotatable bonds is 3. The number of anilines is 2. The van der Waals surface area contributed by atoms with Gasteiger partial charge >= 0.3 is 0 Å². The molecule has 1 aliphatic heterocycles. The van der Waals surface area contributed by atoms with Gasteiger partial charge in [0.1, 0.15) is 11.5 Å². The minimum absolute atomic E-state index is 0.271. The Kier molecular flexibility index (Phi) is 3.78. The fourth-order valence-electron chi connectivity index (χ4n) is 3.18. The predicted octanol–water partition coefficient (Wildman–Crippen LogP) is 3.69. The first kappa shape index (κ1) is 16.7. The van der Waals surface area contributed by atoms with E-state index in [1.807, 2.05) is 0 Å². The van der Waals surface area contributed by atoms with Gasteiger partial charge in [0.05, 0.1) is 18.4 Å². The van der Waals surface area contributed by atoms with Crippen LogP contribution in [0.5, 0.6) is 0 Å². The van der Waals surface area contributed by atoms with E-state index in [2.05, 4.69) is 15.4 Å². The van der Waals surface area contributed by atoms with Crippen LogP contribution in [0.2, 0.25) is 0 Å². The summed E-state index contributed by atoms with van der Waals surface area (Å²) in [4.78, 5) is 5.88. The first-order valence-corrected chi connectivity index (χ1v) is 8.33. The zero-order valence-electron chi connectivity index (χ0n) is 14.4. The van der Waals surface area contributed by atoms with Gasteiger partial charge in [0.25, 0.3) is 5.92 Å². The molecule has 0 bridgehead atoms. The number of hydrogen-bond acceptors (Lipinski definition) is 4. The van der Waals surface area contributed by atoms with E-state index in [4.69, 9.17) is 0 Å². The van der Waals surface area contributed by atoms with Gasteiger partial charge in [-0.3, -0.25) is 0 Å². The van der Waals surface area contributed by atoms with Crippen LogP contribution in [-0.4, -0.2) is 40.8 Å². The topological polar surface area (TPSA) is 46.0 Å². The minimum atomic E-state index is -2.71. The molecular weight excluding hydrogens is 343 g/mol. The summed E-state index contributed by atoms with van der Waals surface area (Å²) in [5.74, 6) is -3.83. The van der Waals surface area contributed by atoms with Crippen LogP contribution in [0.3, 0.4) is 0 Å². The molecule has 0 radical (unpaired) electrons. The summed E-state index contributed by atoms with van der Waals surface area (Å²) in [6.45, 7) is 1.49. The molecule has 8 heteroatoms. The van der Waals surface area contributed by atoms with E-state index in [9.17, 15) is 13.2 Å². The molecule has 5 nitrogen and oxygen atoms in total. The van der Waals surface area contributed by atoms with Gasteiger partial charge in [-0.2, -0.15) is 0 Å². The number of halogens is 3. The van der Waals surface area contributed by atoms with Crippen LogP contribution in [0.25, 0.3) is 16.7 Å². The summed E-state index contributed by atoms with van der Waals surface area (Å²) < 4.78 is 43.2. The lowest BCUT2D eigenvalue weighted by Crippen LogP contribution is -2.26. The van der Waals surface area contributed by atoms with Crippen molar-refractivity contribution >= 4 is 22.4 Å². The average molecular weight is 361 g/mol. The zero-order valence-corrected chi connectivity index (χ0v) is 14.4. The van der Waals surface area contributed by atoms with E-state index in [0.29, 0.717) is 16.7 Å². The van der Waals surface area contributed by atoms with Crippen molar-refractivity contribution < 1.29 is 13.2 Å². The molecule has 0 amide bonds. The van der Waals surface area contributed by atoms with E-state index in [0.717, 1.165) is 5.69 Å². The summed E-state index contributed by atoms with van der Waals surface area (Å²) in [6, 6.07) is 6.40. The number of hydrogen-bond donors (Lipinski definition) is 1. The number of alkyl halides is 2. The minimum Gasteiger partial charge on any atom is -0.388 e. The van der Waals surface area contributed by atoms with Gasteiger partial charge in [0.2, 0.25) is 0 Å². The highest BCUT2D eigenvalue weighted by Gasteiger charge is 2.45. The van der Waals surface area contributed by atoms with Crippen LogP contribution in [0, 0.1) is 11.7 Å². The number of nitrogens with one attached hydrogen (secondary N) is 1. The summed E-state index contributed by atoms with van der Waals surface area (Å²) in [5.41, 5.74) is 2.09. The van der Waals surface area contributed by atoms with Crippen molar-refractivity contribution in [1.29, 1.82) is 0 Å². The van der Waals surface area contributed by atoms with Crippen LogP contribution in [0.15, 0.2) is 36.7 Å². The van der Waals surface area contributed by atoms with Crippen LogP contribution < -0.4 is 10.2 Å². The van der Waals surface area contributed by atoms with E-state index < -0.39 is 17.7 Å². The Morgan fingerprint density at radius 1 is 1.27 bits per heavy atom. The third kappa shape index (κ3) is 2.75. The molecule has 136 valence electrons. The Hall–Kier alpha value is -2.77. The van der Waals surface area contributed by atoms with Gasteiger partial charge in [0.15, 0.2) is 5.65 Å². The highest BCUT2D eigenvalue weighted by atomic mass is 19.3. The second kappa shape index (κ2) is 5.89. The maximum absolute atomic E-state index is 14.2. The summed E-state index contributed by atoms with van der Waals surface area (Å²) in [5, 5.41) is 7.92. The molecule has 1 aromatic carbocycles. The van der Waals surface area contributed by atoms with Crippen molar-refractivity contribution in [3.63, 3.8) is 0 Å². The Labute approximate surface area is 148 Å². The second-order valence-corrected chi connectivity index (χ2v) is 6.64. The van der Waals surface area contributed by atoms with Gasteiger partial charge in [-0.25, -0.2) is 22.8 Å². The molecule has 3 heterocycles. The molecule has 0 spiro atoms. The van der Waals surface area contributed by atoms with Gasteiger partial charge in [0, 0.05) is 36.8 Å². The van der Waals surface area contributed by atoms with Gasteiger partial charge < -0.3 is 10.2 Å². The molecule has 1 saturated heterocycles. The molecule has 26 heavy (non-hydrogen) atoms. The molecule has 0 saturated carbocycles. The van der Waals surface area contributed by atoms with Gasteiger partial charge in [-0.15, -0.1) is 5.10 Å². The molecule has 1 aliphatic rings. The predicted molar refractivity (Wildman–Crippen MR) is 94.7 cm³/mol. The fraction of sp³-hybridized carbons (Fsp3) is 0.333. The van der Waals surface area contributed by atoms with Crippen molar-refractivity contribution in [1.82, 2.24) is 14.8 Å². The second-order valence-electron chi connectivity index (χ2n) is 6.64. The van der Waals surface area contributed by atoms with E-state index in [-0.39, 0.29) is 18.8 Å². The maximum atomic E-state index is 14.2. The van der Waals surface area contributed by atoms with Crippen LogP contribution in [0.4, 0.5) is 24.5 Å². The van der Waals surface area contributed by atoms with E-state index in [1.54, 1.807) is 43.3 Å². The first-order chi connectivity index (χ1) is 12.4. The standard InChI is InChI=1S/C18H18F3N5/c1-11-8-25(10-18(11,20)21)14-5-12-9-26(24-17(12)23-7-14)16-6-13(22-2)3-4-15(16)19/h3-7,9,11,22H,8,10H2,1-2H3. The lowest BCUT2D eigenvalue weighted by atomic mass is 10.1. The fourth-order valence-corrected chi connectivity index (χ4v) is 3.18. The molecule has 3 aromatic rings. The Morgan fingerprint density at radius 2 is 2.08 bits per heavy atom. The molecule has 1 fully saturated rings. The quantitative estimate of drug-likeness (QED) is 0.773. The molecule has 2 aromatic heterocycles. The third-order valence-electron chi connectivity index (χ3n) is 4.81. The number of fused-ring (bicyclic) bond motifs is 1. The van der Waals surface area contributed by atoms with Gasteiger partial charge in [-0.05, 0) is 24.3 Å². The number of aromatic nitrogens is 3. The highest BCUT2D eigenvalue weighted by Crippen LogP contribution is 2.35. The number of nitrogens with zero attached hydrogens (tertiary/aromatic N) is 4. The third-order valence-corrected chi connectivity index (χ3v) is 4.81. The summed E-state index contributed by atoms with van der Waals surface area (Å²) in [7, 11) is 1.75. The number of pyridine rings is 1. The number of benzene rings is 1. The molecule has 1 atom stereocenters. The van der Waals surface area contributed by atoms with Crippen molar-refractivity contribution in [2.24, 2.45) is 5.92 Å². The van der Waals surface area contributed by atoms with Gasteiger partial charge in [-0.1, -0.05) is 6.92 Å². The SMILES string of the molecule is CNc1ccc(F)c(-n2cc3cc(N4CC(C)C(F)(F)C4)cnc3n2)c1. The van der Waals surface area contributed by atoms with Crippen molar-refractivity contribution in [2.45, 2.75) is 12.8 Å². The molecular formula is C18H18F3N5. The monoisotopic (exact) mass is 361 g/mol. The molecule has 4 rings (SSSR count). The van der Waals surface area contributed by atoms with Crippen molar-refractivity contribution in [3.05, 3.63) is 42.5 Å². The van der Waals surface area contributed by atoms with E-state index >= 15 is 0 Å². The van der Waals surface area contributed by atoms with Crippen LogP contribution >= 0.6 is 0 Å². The Morgan fingerprint density at radius 3 is 2.77 bits per heavy atom. The van der Waals surface area contributed by atoms with Crippen molar-refractivity contribution in [2.75, 3.05) is 30.4 Å². The smallest absolute Gasteiger partial charge is 0.269 e. The lowest BCUT2D eigenvalue weighted by molar-refractivity contribution is -0.0137. The summed E-state index contributed by atoms with van der Waals surface area (Å²) in [6.07, 6.45) is 3.19. The van der Waals surface area contributed by atoms with Crippen LogP contribution in [-0.2, 0) is 0 Å². The molecule has 1 N–H and O–H groups in total. The summed E-state index contributed by atoms with van der Waals surface area (Å²) >= 11 is 0. The zero-order chi connectivity index (χ0) is 18.5. The highest BCUT2D eigenvalue weighted by molar-refractivity contribution is 5.79. The average Bonchev–Trinajstić information content (AvgIpc) is 3.15. The Balaban J connectivity index is 1.71. The normalized spacial score (nSPS) is 19.3. The largest absolute Gasteiger partial charge is 0.388 e. The maximum Gasteiger partial charge on any atom is 0.269 e. The van der Waals surface area contributed by atoms with Crippen LogP contribution in [0.1, 0.15) is 6.92 Å². The Bertz CT molecular complexity index is 969. The van der Waals surface area contributed by atoms with Crippen molar-refractivity contribution in [3.8, 4) is 5.69 Å². The lowest BCUT2D eigenvalue weighted by Gasteiger charge is -2.17. The molecule has 1 unspecified atom stereocenters. The molecule has 0 aliphatic carbocycles. The first-order valence-electron chi connectivity index (χ1n) is 8.33.